The first-order chi connectivity index (χ1) is 9.87. The number of hydrogen-bond acceptors (Lipinski definition) is 2. The molecule has 0 bridgehead atoms. The molecule has 0 amide bonds. The van der Waals surface area contributed by atoms with Gasteiger partial charge in [-0.1, -0.05) is 53.7 Å². The largest absolute Gasteiger partial charge is 0.330 e. The lowest BCUT2D eigenvalue weighted by molar-refractivity contribution is 0.214. The third-order valence-electron chi connectivity index (χ3n) is 3.96. The van der Waals surface area contributed by atoms with Crippen molar-refractivity contribution >= 4 is 0 Å². The highest BCUT2D eigenvalue weighted by molar-refractivity contribution is 4.94. The molecule has 0 aliphatic heterocycles. The summed E-state index contributed by atoms with van der Waals surface area (Å²) in [5.74, 6) is 0.603. The number of nitrogens with one attached hydrogen (secondary N) is 1. The van der Waals surface area contributed by atoms with E-state index in [1.807, 2.05) is 0 Å². The summed E-state index contributed by atoms with van der Waals surface area (Å²) in [6.07, 6.45) is 9.42. The molecule has 0 aliphatic rings. The first kappa shape index (κ1) is 21.7. The standard InChI is InChI=1S/C20H42N2/c1-17(15-20(7,8)22-14-10-13-21)11-9-12-19(5,6)16-18(2,3)4/h9,11,17,22H,10,12-16,21H2,1-8H3/b11-9-. The Morgan fingerprint density at radius 1 is 1.05 bits per heavy atom. The third-order valence-corrected chi connectivity index (χ3v) is 3.96. The van der Waals surface area contributed by atoms with Gasteiger partial charge in [-0.2, -0.15) is 0 Å². The molecule has 0 heterocycles. The Bertz CT molecular complexity index is 321. The molecular formula is C20H42N2. The molecule has 0 spiro atoms. The average molecular weight is 311 g/mol. The molecule has 0 radical (unpaired) electrons. The van der Waals surface area contributed by atoms with E-state index in [1.54, 1.807) is 0 Å². The summed E-state index contributed by atoms with van der Waals surface area (Å²) < 4.78 is 0. The van der Waals surface area contributed by atoms with Crippen LogP contribution < -0.4 is 11.1 Å². The Hall–Kier alpha value is -0.340. The van der Waals surface area contributed by atoms with E-state index in [-0.39, 0.29) is 5.54 Å². The van der Waals surface area contributed by atoms with Gasteiger partial charge in [-0.25, -0.2) is 0 Å². The van der Waals surface area contributed by atoms with Crippen LogP contribution in [0, 0.1) is 16.7 Å². The topological polar surface area (TPSA) is 38.0 Å². The molecule has 2 heteroatoms. The molecule has 132 valence electrons. The second kappa shape index (κ2) is 9.08. The normalized spacial score (nSPS) is 15.5. The quantitative estimate of drug-likeness (QED) is 0.433. The van der Waals surface area contributed by atoms with Gasteiger partial charge >= 0.3 is 0 Å². The summed E-state index contributed by atoms with van der Waals surface area (Å²) in [7, 11) is 0. The van der Waals surface area contributed by atoms with Crippen molar-refractivity contribution in [2.45, 2.75) is 86.6 Å². The summed E-state index contributed by atoms with van der Waals surface area (Å²) in [5, 5.41) is 3.61. The molecule has 0 saturated heterocycles. The zero-order valence-corrected chi connectivity index (χ0v) is 16.6. The van der Waals surface area contributed by atoms with Crippen LogP contribution in [-0.4, -0.2) is 18.6 Å². The van der Waals surface area contributed by atoms with Crippen LogP contribution in [0.2, 0.25) is 0 Å². The number of nitrogens with two attached hydrogens (primary N) is 1. The maximum atomic E-state index is 5.56. The Balaban J connectivity index is 4.27. The Morgan fingerprint density at radius 2 is 1.64 bits per heavy atom. The van der Waals surface area contributed by atoms with Gasteiger partial charge in [0, 0.05) is 5.54 Å². The maximum Gasteiger partial charge on any atom is 0.0130 e. The van der Waals surface area contributed by atoms with Gasteiger partial charge in [0.05, 0.1) is 0 Å². The first-order valence-corrected chi connectivity index (χ1v) is 8.99. The van der Waals surface area contributed by atoms with Crippen molar-refractivity contribution < 1.29 is 0 Å². The van der Waals surface area contributed by atoms with Crippen molar-refractivity contribution in [3.63, 3.8) is 0 Å². The van der Waals surface area contributed by atoms with Crippen LogP contribution in [0.5, 0.6) is 0 Å². The van der Waals surface area contributed by atoms with Gasteiger partial charge in [-0.05, 0) is 69.4 Å². The van der Waals surface area contributed by atoms with Gasteiger partial charge in [0.25, 0.3) is 0 Å². The summed E-state index contributed by atoms with van der Waals surface area (Å²) >= 11 is 0. The highest BCUT2D eigenvalue weighted by Crippen LogP contribution is 2.36. The van der Waals surface area contributed by atoms with Crippen LogP contribution in [0.4, 0.5) is 0 Å². The Morgan fingerprint density at radius 3 is 2.14 bits per heavy atom. The highest BCUT2D eigenvalue weighted by Gasteiger charge is 2.24. The number of hydrogen-bond donors (Lipinski definition) is 2. The predicted octanol–water partition coefficient (Wildman–Crippen LogP) is 5.14. The fraction of sp³-hybridized carbons (Fsp3) is 0.900. The minimum absolute atomic E-state index is 0.180. The van der Waals surface area contributed by atoms with Crippen LogP contribution in [0.25, 0.3) is 0 Å². The monoisotopic (exact) mass is 310 g/mol. The molecule has 3 N–H and O–H groups in total. The zero-order chi connectivity index (χ0) is 17.4. The number of allylic oxidation sites excluding steroid dienone is 2. The minimum atomic E-state index is 0.180. The van der Waals surface area contributed by atoms with E-state index in [4.69, 9.17) is 5.73 Å². The summed E-state index contributed by atoms with van der Waals surface area (Å²) in [4.78, 5) is 0. The second-order valence-corrected chi connectivity index (χ2v) is 9.67. The lowest BCUT2D eigenvalue weighted by Crippen LogP contribution is -2.41. The number of rotatable bonds is 10. The third kappa shape index (κ3) is 12.2. The molecule has 0 rings (SSSR count). The van der Waals surface area contributed by atoms with E-state index in [0.29, 0.717) is 16.7 Å². The minimum Gasteiger partial charge on any atom is -0.330 e. The Kier molecular flexibility index (Phi) is 8.94. The van der Waals surface area contributed by atoms with E-state index in [9.17, 15) is 0 Å². The van der Waals surface area contributed by atoms with Gasteiger partial charge in [-0.3, -0.25) is 0 Å². The maximum absolute atomic E-state index is 5.56. The van der Waals surface area contributed by atoms with Crippen molar-refractivity contribution in [3.05, 3.63) is 12.2 Å². The summed E-state index contributed by atoms with van der Waals surface area (Å²) in [5.41, 5.74) is 6.52. The molecule has 0 saturated carbocycles. The second-order valence-electron chi connectivity index (χ2n) is 9.67. The lowest BCUT2D eigenvalue weighted by Gasteiger charge is -2.32. The summed E-state index contributed by atoms with van der Waals surface area (Å²) in [6.45, 7) is 20.4. The Labute approximate surface area is 140 Å². The van der Waals surface area contributed by atoms with E-state index in [0.717, 1.165) is 32.4 Å². The van der Waals surface area contributed by atoms with Crippen LogP contribution in [0.3, 0.4) is 0 Å². The van der Waals surface area contributed by atoms with Crippen molar-refractivity contribution in [2.75, 3.05) is 13.1 Å². The zero-order valence-electron chi connectivity index (χ0n) is 16.6. The van der Waals surface area contributed by atoms with E-state index >= 15 is 0 Å². The van der Waals surface area contributed by atoms with Crippen LogP contribution in [-0.2, 0) is 0 Å². The van der Waals surface area contributed by atoms with Gasteiger partial charge in [0.1, 0.15) is 0 Å². The van der Waals surface area contributed by atoms with Crippen LogP contribution >= 0.6 is 0 Å². The first-order valence-electron chi connectivity index (χ1n) is 8.99. The van der Waals surface area contributed by atoms with Gasteiger partial charge < -0.3 is 11.1 Å². The molecule has 22 heavy (non-hydrogen) atoms. The highest BCUT2D eigenvalue weighted by atomic mass is 14.9. The van der Waals surface area contributed by atoms with Crippen LogP contribution in [0.15, 0.2) is 12.2 Å². The van der Waals surface area contributed by atoms with E-state index in [1.165, 1.54) is 6.42 Å². The van der Waals surface area contributed by atoms with Gasteiger partial charge in [0.2, 0.25) is 0 Å². The molecule has 0 aliphatic carbocycles. The lowest BCUT2D eigenvalue weighted by atomic mass is 9.74. The van der Waals surface area contributed by atoms with Crippen molar-refractivity contribution in [2.24, 2.45) is 22.5 Å². The molecule has 0 aromatic rings. The van der Waals surface area contributed by atoms with Crippen molar-refractivity contribution in [3.8, 4) is 0 Å². The molecule has 0 fully saturated rings. The predicted molar refractivity (Wildman–Crippen MR) is 101 cm³/mol. The molecule has 0 aromatic carbocycles. The van der Waals surface area contributed by atoms with Crippen molar-refractivity contribution in [1.29, 1.82) is 0 Å². The summed E-state index contributed by atoms with van der Waals surface area (Å²) in [6, 6.07) is 0. The fourth-order valence-corrected chi connectivity index (χ4v) is 3.60. The van der Waals surface area contributed by atoms with Crippen LogP contribution in [0.1, 0.15) is 81.1 Å². The van der Waals surface area contributed by atoms with Gasteiger partial charge in [-0.15, -0.1) is 0 Å². The van der Waals surface area contributed by atoms with Gasteiger partial charge in [0.15, 0.2) is 0 Å². The van der Waals surface area contributed by atoms with Crippen molar-refractivity contribution in [1.82, 2.24) is 5.32 Å². The molecule has 1 atom stereocenters. The van der Waals surface area contributed by atoms with E-state index in [2.05, 4.69) is 72.9 Å². The SMILES string of the molecule is CC(/C=C\CC(C)(C)CC(C)(C)C)CC(C)(C)NCCCN. The molecule has 1 unspecified atom stereocenters. The molecule has 0 aromatic heterocycles. The average Bonchev–Trinajstić information content (AvgIpc) is 2.24. The molecular weight excluding hydrogens is 268 g/mol. The van der Waals surface area contributed by atoms with E-state index < -0.39 is 0 Å². The molecule has 2 nitrogen and oxygen atoms in total. The smallest absolute Gasteiger partial charge is 0.0130 e. The fourth-order valence-electron chi connectivity index (χ4n) is 3.60.